The Balaban J connectivity index is 1.93. The number of nitrogens with one attached hydrogen (secondary N) is 1. The van der Waals surface area contributed by atoms with Crippen molar-refractivity contribution in [2.24, 2.45) is 11.8 Å². The number of unbranched alkanes of at least 4 members (excludes halogenated alkanes) is 1. The van der Waals surface area contributed by atoms with Crippen LogP contribution in [0, 0.1) is 18.8 Å². The summed E-state index contributed by atoms with van der Waals surface area (Å²) in [6.07, 6.45) is 7.46. The molecule has 1 aromatic rings. The fourth-order valence-electron chi connectivity index (χ4n) is 2.33. The van der Waals surface area contributed by atoms with Gasteiger partial charge in [0.15, 0.2) is 0 Å². The number of aromatic nitrogens is 2. The zero-order chi connectivity index (χ0) is 12.3. The van der Waals surface area contributed by atoms with Crippen LogP contribution in [0.1, 0.15) is 45.2 Å². The number of hydrogen-bond donors (Lipinski definition) is 1. The molecule has 96 valence electrons. The van der Waals surface area contributed by atoms with Crippen molar-refractivity contribution in [3.8, 4) is 0 Å². The summed E-state index contributed by atoms with van der Waals surface area (Å²) in [7, 11) is 0. The highest BCUT2D eigenvalue weighted by Crippen LogP contribution is 2.37. The predicted molar refractivity (Wildman–Crippen MR) is 72.2 cm³/mol. The van der Waals surface area contributed by atoms with E-state index in [2.05, 4.69) is 41.8 Å². The van der Waals surface area contributed by atoms with Gasteiger partial charge in [-0.25, -0.2) is 4.98 Å². The van der Waals surface area contributed by atoms with E-state index in [4.69, 9.17) is 0 Å². The van der Waals surface area contributed by atoms with E-state index in [9.17, 15) is 0 Å². The van der Waals surface area contributed by atoms with Crippen LogP contribution >= 0.6 is 0 Å². The lowest BCUT2D eigenvalue weighted by Crippen LogP contribution is -2.13. The first-order valence-corrected chi connectivity index (χ1v) is 6.98. The largest absolute Gasteiger partial charge is 0.356 e. The second-order valence-corrected chi connectivity index (χ2v) is 5.45. The molecule has 0 saturated heterocycles. The highest BCUT2D eigenvalue weighted by Gasteiger charge is 2.28. The van der Waals surface area contributed by atoms with Gasteiger partial charge in [0.25, 0.3) is 0 Å². The van der Waals surface area contributed by atoms with Gasteiger partial charge in [-0.05, 0) is 38.0 Å². The van der Waals surface area contributed by atoms with Crippen molar-refractivity contribution in [2.75, 3.05) is 11.9 Å². The Morgan fingerprint density at radius 3 is 2.94 bits per heavy atom. The van der Waals surface area contributed by atoms with Crippen molar-refractivity contribution in [3.63, 3.8) is 0 Å². The molecule has 0 aromatic carbocycles. The molecule has 0 amide bonds. The highest BCUT2D eigenvalue weighted by molar-refractivity contribution is 5.28. The van der Waals surface area contributed by atoms with Crippen LogP contribution in [-0.4, -0.2) is 16.1 Å². The van der Waals surface area contributed by atoms with Crippen LogP contribution in [0.2, 0.25) is 0 Å². The predicted octanol–water partition coefficient (Wildman–Crippen LogP) is 3.45. The molecule has 0 aliphatic heterocycles. The van der Waals surface area contributed by atoms with Crippen LogP contribution in [0.5, 0.6) is 0 Å². The third-order valence-corrected chi connectivity index (χ3v) is 3.62. The number of imidazole rings is 1. The molecule has 2 rings (SSSR count). The van der Waals surface area contributed by atoms with E-state index in [1.807, 2.05) is 0 Å². The lowest BCUT2D eigenvalue weighted by Gasteiger charge is -2.14. The van der Waals surface area contributed by atoms with Crippen LogP contribution in [-0.2, 0) is 6.54 Å². The van der Waals surface area contributed by atoms with Crippen molar-refractivity contribution < 1.29 is 0 Å². The van der Waals surface area contributed by atoms with Gasteiger partial charge in [-0.1, -0.05) is 20.3 Å². The van der Waals surface area contributed by atoms with Gasteiger partial charge in [-0.2, -0.15) is 0 Å². The molecule has 17 heavy (non-hydrogen) atoms. The van der Waals surface area contributed by atoms with Gasteiger partial charge in [0.2, 0.25) is 5.95 Å². The second-order valence-electron chi connectivity index (χ2n) is 5.45. The Hall–Kier alpha value is -0.990. The topological polar surface area (TPSA) is 29.9 Å². The van der Waals surface area contributed by atoms with Gasteiger partial charge >= 0.3 is 0 Å². The highest BCUT2D eigenvalue weighted by atomic mass is 15.2. The molecule has 0 radical (unpaired) electrons. The minimum absolute atomic E-state index is 0.787. The Morgan fingerprint density at radius 1 is 1.53 bits per heavy atom. The van der Waals surface area contributed by atoms with Crippen molar-refractivity contribution in [1.82, 2.24) is 9.55 Å². The second kappa shape index (κ2) is 5.56. The minimum atomic E-state index is 0.787. The lowest BCUT2D eigenvalue weighted by molar-refractivity contribution is 0.432. The number of nitrogens with zero attached hydrogens (tertiary/aromatic N) is 2. The van der Waals surface area contributed by atoms with E-state index in [-0.39, 0.29) is 0 Å². The number of rotatable bonds is 7. The molecule has 1 N–H and O–H groups in total. The summed E-state index contributed by atoms with van der Waals surface area (Å²) < 4.78 is 2.30. The number of hydrogen-bond acceptors (Lipinski definition) is 2. The quantitative estimate of drug-likeness (QED) is 0.734. The fourth-order valence-corrected chi connectivity index (χ4v) is 2.33. The van der Waals surface area contributed by atoms with Crippen LogP contribution in [0.15, 0.2) is 6.20 Å². The molecule has 1 atom stereocenters. The van der Waals surface area contributed by atoms with Gasteiger partial charge in [0.1, 0.15) is 0 Å². The maximum absolute atomic E-state index is 4.57. The molecule has 1 aliphatic carbocycles. The summed E-state index contributed by atoms with van der Waals surface area (Å²) in [5, 5.41) is 3.45. The summed E-state index contributed by atoms with van der Waals surface area (Å²) in [6.45, 7) is 8.80. The molecule has 0 bridgehead atoms. The molecule has 0 spiro atoms. The van der Waals surface area contributed by atoms with Crippen LogP contribution in [0.4, 0.5) is 5.95 Å². The van der Waals surface area contributed by atoms with Gasteiger partial charge in [0.05, 0.1) is 5.69 Å². The summed E-state index contributed by atoms with van der Waals surface area (Å²) in [4.78, 5) is 4.57. The van der Waals surface area contributed by atoms with Gasteiger partial charge in [-0.3, -0.25) is 0 Å². The van der Waals surface area contributed by atoms with Crippen LogP contribution < -0.4 is 5.32 Å². The summed E-state index contributed by atoms with van der Waals surface area (Å²) in [5.41, 5.74) is 1.12. The van der Waals surface area contributed by atoms with E-state index in [1.54, 1.807) is 0 Å². The average Bonchev–Trinajstić information content (AvgIpc) is 3.06. The van der Waals surface area contributed by atoms with E-state index < -0.39 is 0 Å². The third-order valence-electron chi connectivity index (χ3n) is 3.62. The molecule has 1 aliphatic rings. The maximum Gasteiger partial charge on any atom is 0.203 e. The number of aryl methyl sites for hydroxylation is 1. The van der Waals surface area contributed by atoms with E-state index >= 15 is 0 Å². The Bertz CT molecular complexity index is 352. The maximum atomic E-state index is 4.57. The SMILES string of the molecule is CCCCNc1nc(C)cn1CC(C)C1CC1. The minimum Gasteiger partial charge on any atom is -0.356 e. The summed E-state index contributed by atoms with van der Waals surface area (Å²) in [5.74, 6) is 2.81. The molecule has 1 saturated carbocycles. The zero-order valence-corrected chi connectivity index (χ0v) is 11.4. The molecule has 1 fully saturated rings. The summed E-state index contributed by atoms with van der Waals surface area (Å²) >= 11 is 0. The van der Waals surface area contributed by atoms with Crippen LogP contribution in [0.25, 0.3) is 0 Å². The fraction of sp³-hybridized carbons (Fsp3) is 0.786. The van der Waals surface area contributed by atoms with Crippen LogP contribution in [0.3, 0.4) is 0 Å². The molecule has 1 unspecified atom stereocenters. The normalized spacial score (nSPS) is 17.1. The molecular formula is C14H25N3. The van der Waals surface area contributed by atoms with Crippen molar-refractivity contribution >= 4 is 5.95 Å². The van der Waals surface area contributed by atoms with Gasteiger partial charge < -0.3 is 9.88 Å². The summed E-state index contributed by atoms with van der Waals surface area (Å²) in [6, 6.07) is 0. The van der Waals surface area contributed by atoms with E-state index in [0.29, 0.717) is 0 Å². The van der Waals surface area contributed by atoms with Gasteiger partial charge in [0, 0.05) is 19.3 Å². The number of anilines is 1. The van der Waals surface area contributed by atoms with Gasteiger partial charge in [-0.15, -0.1) is 0 Å². The smallest absolute Gasteiger partial charge is 0.203 e. The monoisotopic (exact) mass is 235 g/mol. The Morgan fingerprint density at radius 2 is 2.29 bits per heavy atom. The molecule has 1 aromatic heterocycles. The average molecular weight is 235 g/mol. The molecule has 3 nitrogen and oxygen atoms in total. The third kappa shape index (κ3) is 3.48. The van der Waals surface area contributed by atoms with Crippen molar-refractivity contribution in [1.29, 1.82) is 0 Å². The van der Waals surface area contributed by atoms with E-state index in [0.717, 1.165) is 36.6 Å². The van der Waals surface area contributed by atoms with E-state index in [1.165, 1.54) is 25.7 Å². The lowest BCUT2D eigenvalue weighted by atomic mass is 10.1. The molecular weight excluding hydrogens is 210 g/mol. The molecule has 3 heteroatoms. The first-order valence-electron chi connectivity index (χ1n) is 6.98. The van der Waals surface area contributed by atoms with Crippen molar-refractivity contribution in [3.05, 3.63) is 11.9 Å². The zero-order valence-electron chi connectivity index (χ0n) is 11.4. The first kappa shape index (κ1) is 12.5. The Kier molecular flexibility index (Phi) is 4.08. The standard InChI is InChI=1S/C14H25N3/c1-4-5-8-15-14-16-12(3)10-17(14)9-11(2)13-6-7-13/h10-11,13H,4-9H2,1-3H3,(H,15,16). The first-order chi connectivity index (χ1) is 8.20. The van der Waals surface area contributed by atoms with Crippen molar-refractivity contribution in [2.45, 2.75) is 53.0 Å². The Labute approximate surface area is 105 Å². The molecule has 1 heterocycles.